The summed E-state index contributed by atoms with van der Waals surface area (Å²) in [5.74, 6) is 0. The summed E-state index contributed by atoms with van der Waals surface area (Å²) in [4.78, 5) is 4.02. The molecule has 2 rings (SSSR count). The lowest BCUT2D eigenvalue weighted by atomic mass is 10.1. The Bertz CT molecular complexity index is 570. The molecule has 0 aliphatic heterocycles. The minimum atomic E-state index is -2.55. The SMILES string of the molecule is Cc1ccncc1CNc1ccc(N)cc1C(F)F. The molecule has 0 aliphatic rings. The molecule has 0 unspecified atom stereocenters. The van der Waals surface area contributed by atoms with E-state index in [0.717, 1.165) is 11.1 Å². The quantitative estimate of drug-likeness (QED) is 0.830. The molecule has 1 heterocycles. The summed E-state index contributed by atoms with van der Waals surface area (Å²) >= 11 is 0. The number of nitrogen functional groups attached to an aromatic ring is 1. The van der Waals surface area contributed by atoms with Crippen LogP contribution in [0.4, 0.5) is 20.2 Å². The number of aryl methyl sites for hydroxylation is 1. The van der Waals surface area contributed by atoms with Crippen LogP contribution in [0.5, 0.6) is 0 Å². The largest absolute Gasteiger partial charge is 0.399 e. The molecule has 19 heavy (non-hydrogen) atoms. The van der Waals surface area contributed by atoms with Crippen LogP contribution in [-0.2, 0) is 6.54 Å². The van der Waals surface area contributed by atoms with Gasteiger partial charge in [0, 0.05) is 35.9 Å². The summed E-state index contributed by atoms with van der Waals surface area (Å²) in [5, 5.41) is 3.00. The van der Waals surface area contributed by atoms with Crippen LogP contribution in [-0.4, -0.2) is 4.98 Å². The van der Waals surface area contributed by atoms with Crippen LogP contribution < -0.4 is 11.1 Å². The van der Waals surface area contributed by atoms with Crippen molar-refractivity contribution in [3.63, 3.8) is 0 Å². The zero-order valence-electron chi connectivity index (χ0n) is 10.5. The minimum absolute atomic E-state index is 0.0819. The average Bonchev–Trinajstić information content (AvgIpc) is 2.38. The molecule has 100 valence electrons. The monoisotopic (exact) mass is 263 g/mol. The second-order valence-electron chi connectivity index (χ2n) is 4.30. The first-order valence-electron chi connectivity index (χ1n) is 5.89. The third-order valence-electron chi connectivity index (χ3n) is 2.93. The van der Waals surface area contributed by atoms with Gasteiger partial charge in [0.25, 0.3) is 6.43 Å². The van der Waals surface area contributed by atoms with Crippen molar-refractivity contribution in [3.05, 3.63) is 53.3 Å². The molecule has 0 radical (unpaired) electrons. The lowest BCUT2D eigenvalue weighted by Crippen LogP contribution is -2.05. The van der Waals surface area contributed by atoms with E-state index < -0.39 is 6.43 Å². The van der Waals surface area contributed by atoms with E-state index in [1.807, 2.05) is 13.0 Å². The lowest BCUT2D eigenvalue weighted by Gasteiger charge is -2.13. The predicted molar refractivity (Wildman–Crippen MR) is 72.1 cm³/mol. The van der Waals surface area contributed by atoms with Gasteiger partial charge in [-0.2, -0.15) is 0 Å². The van der Waals surface area contributed by atoms with Crippen molar-refractivity contribution in [3.8, 4) is 0 Å². The van der Waals surface area contributed by atoms with Gasteiger partial charge in [0.2, 0.25) is 0 Å². The van der Waals surface area contributed by atoms with Crippen molar-refractivity contribution >= 4 is 11.4 Å². The fourth-order valence-corrected chi connectivity index (χ4v) is 1.79. The normalized spacial score (nSPS) is 10.7. The van der Waals surface area contributed by atoms with E-state index in [4.69, 9.17) is 5.73 Å². The van der Waals surface area contributed by atoms with Crippen molar-refractivity contribution < 1.29 is 8.78 Å². The smallest absolute Gasteiger partial charge is 0.265 e. The molecule has 0 saturated heterocycles. The van der Waals surface area contributed by atoms with Crippen molar-refractivity contribution in [1.29, 1.82) is 0 Å². The van der Waals surface area contributed by atoms with Crippen molar-refractivity contribution in [2.24, 2.45) is 0 Å². The first-order chi connectivity index (χ1) is 9.08. The Morgan fingerprint density at radius 3 is 2.79 bits per heavy atom. The molecule has 0 spiro atoms. The van der Waals surface area contributed by atoms with Gasteiger partial charge in [0.15, 0.2) is 0 Å². The Kier molecular flexibility index (Phi) is 3.94. The zero-order chi connectivity index (χ0) is 13.8. The number of nitrogens with one attached hydrogen (secondary N) is 1. The summed E-state index contributed by atoms with van der Waals surface area (Å²) in [6, 6.07) is 6.35. The molecule has 3 nitrogen and oxygen atoms in total. The average molecular weight is 263 g/mol. The Labute approximate surface area is 110 Å². The zero-order valence-corrected chi connectivity index (χ0v) is 10.5. The fraction of sp³-hybridized carbons (Fsp3) is 0.214. The lowest BCUT2D eigenvalue weighted by molar-refractivity contribution is 0.152. The number of hydrogen-bond donors (Lipinski definition) is 2. The highest BCUT2D eigenvalue weighted by Crippen LogP contribution is 2.29. The Morgan fingerprint density at radius 1 is 1.32 bits per heavy atom. The summed E-state index contributed by atoms with van der Waals surface area (Å²) in [6.45, 7) is 2.40. The number of alkyl halides is 2. The van der Waals surface area contributed by atoms with Gasteiger partial charge in [0.05, 0.1) is 0 Å². The molecule has 0 aliphatic carbocycles. The summed E-state index contributed by atoms with van der Waals surface area (Å²) in [7, 11) is 0. The number of halogens is 2. The van der Waals surface area contributed by atoms with E-state index in [-0.39, 0.29) is 5.56 Å². The standard InChI is InChI=1S/C14H15F2N3/c1-9-4-5-18-7-10(9)8-19-13-3-2-11(17)6-12(13)14(15)16/h2-7,14,19H,8,17H2,1H3. The Morgan fingerprint density at radius 2 is 2.11 bits per heavy atom. The van der Waals surface area contributed by atoms with Gasteiger partial charge in [-0.1, -0.05) is 0 Å². The molecular weight excluding hydrogens is 248 g/mol. The van der Waals surface area contributed by atoms with Crippen LogP contribution in [0.15, 0.2) is 36.7 Å². The van der Waals surface area contributed by atoms with Crippen LogP contribution in [0, 0.1) is 6.92 Å². The number of aromatic nitrogens is 1. The van der Waals surface area contributed by atoms with Gasteiger partial charge in [-0.3, -0.25) is 4.98 Å². The van der Waals surface area contributed by atoms with Gasteiger partial charge in [0.1, 0.15) is 0 Å². The number of hydrogen-bond acceptors (Lipinski definition) is 3. The van der Waals surface area contributed by atoms with Gasteiger partial charge < -0.3 is 11.1 Å². The van der Waals surface area contributed by atoms with Crippen LogP contribution in [0.1, 0.15) is 23.1 Å². The maximum absolute atomic E-state index is 12.9. The third-order valence-corrected chi connectivity index (χ3v) is 2.93. The molecule has 3 N–H and O–H groups in total. The van der Waals surface area contributed by atoms with Crippen LogP contribution in [0.25, 0.3) is 0 Å². The highest BCUT2D eigenvalue weighted by molar-refractivity contribution is 5.58. The number of benzene rings is 1. The Hall–Kier alpha value is -2.17. The third kappa shape index (κ3) is 3.19. The van der Waals surface area contributed by atoms with Gasteiger partial charge in [-0.15, -0.1) is 0 Å². The first kappa shape index (κ1) is 13.3. The minimum Gasteiger partial charge on any atom is -0.399 e. The van der Waals surface area contributed by atoms with E-state index in [1.165, 1.54) is 6.07 Å². The van der Waals surface area contributed by atoms with E-state index in [2.05, 4.69) is 10.3 Å². The maximum atomic E-state index is 12.9. The molecule has 2 aromatic rings. The van der Waals surface area contributed by atoms with Gasteiger partial charge >= 0.3 is 0 Å². The van der Waals surface area contributed by atoms with E-state index >= 15 is 0 Å². The van der Waals surface area contributed by atoms with Crippen molar-refractivity contribution in [2.45, 2.75) is 19.9 Å². The van der Waals surface area contributed by atoms with Crippen molar-refractivity contribution in [1.82, 2.24) is 4.98 Å². The second kappa shape index (κ2) is 5.65. The first-order valence-corrected chi connectivity index (χ1v) is 5.89. The topological polar surface area (TPSA) is 50.9 Å². The van der Waals surface area contributed by atoms with Gasteiger partial charge in [-0.25, -0.2) is 8.78 Å². The number of nitrogens with zero attached hydrogens (tertiary/aromatic N) is 1. The molecule has 0 fully saturated rings. The Balaban J connectivity index is 2.18. The number of anilines is 2. The molecule has 0 amide bonds. The van der Waals surface area contributed by atoms with Crippen LogP contribution in [0.3, 0.4) is 0 Å². The maximum Gasteiger partial charge on any atom is 0.265 e. The second-order valence-corrected chi connectivity index (χ2v) is 4.30. The van der Waals surface area contributed by atoms with E-state index in [0.29, 0.717) is 17.9 Å². The molecule has 0 bridgehead atoms. The van der Waals surface area contributed by atoms with E-state index in [9.17, 15) is 8.78 Å². The highest BCUT2D eigenvalue weighted by Gasteiger charge is 2.13. The number of rotatable bonds is 4. The van der Waals surface area contributed by atoms with Crippen LogP contribution >= 0.6 is 0 Å². The molecule has 5 heteroatoms. The number of nitrogens with two attached hydrogens (primary N) is 1. The molecule has 0 saturated carbocycles. The van der Waals surface area contributed by atoms with E-state index in [1.54, 1.807) is 24.5 Å². The molecule has 1 aromatic heterocycles. The summed E-state index contributed by atoms with van der Waals surface area (Å²) in [6.07, 6.45) is 0.870. The number of pyridine rings is 1. The van der Waals surface area contributed by atoms with Gasteiger partial charge in [-0.05, 0) is 42.3 Å². The molecular formula is C14H15F2N3. The van der Waals surface area contributed by atoms with Crippen molar-refractivity contribution in [2.75, 3.05) is 11.1 Å². The fourth-order valence-electron chi connectivity index (χ4n) is 1.79. The highest BCUT2D eigenvalue weighted by atomic mass is 19.3. The molecule has 1 aromatic carbocycles. The summed E-state index contributed by atoms with van der Waals surface area (Å²) in [5.41, 5.74) is 8.21. The molecule has 0 atom stereocenters. The van der Waals surface area contributed by atoms with Crippen LogP contribution in [0.2, 0.25) is 0 Å². The predicted octanol–water partition coefficient (Wildman–Crippen LogP) is 3.52. The summed E-state index contributed by atoms with van der Waals surface area (Å²) < 4.78 is 25.8.